The summed E-state index contributed by atoms with van der Waals surface area (Å²) >= 11 is 0. The lowest BCUT2D eigenvalue weighted by atomic mass is 10.0. The Morgan fingerprint density at radius 1 is 1.09 bits per heavy atom. The van der Waals surface area contributed by atoms with E-state index in [1.54, 1.807) is 20.8 Å². The van der Waals surface area contributed by atoms with Crippen molar-refractivity contribution in [2.45, 2.75) is 52.7 Å². The molecule has 7 nitrogen and oxygen atoms in total. The van der Waals surface area contributed by atoms with Gasteiger partial charge in [0.2, 0.25) is 5.88 Å². The van der Waals surface area contributed by atoms with E-state index in [9.17, 15) is 14.7 Å². The summed E-state index contributed by atoms with van der Waals surface area (Å²) in [5.74, 6) is 0.0859. The molecule has 0 bridgehead atoms. The molecule has 3 aromatic rings. The first kappa shape index (κ1) is 23.2. The summed E-state index contributed by atoms with van der Waals surface area (Å²) in [5, 5.41) is 13.2. The van der Waals surface area contributed by atoms with Crippen molar-refractivity contribution in [3.63, 3.8) is 0 Å². The molecule has 1 unspecified atom stereocenters. The molecule has 1 atom stereocenters. The van der Waals surface area contributed by atoms with E-state index in [1.165, 1.54) is 0 Å². The van der Waals surface area contributed by atoms with Crippen molar-refractivity contribution in [1.29, 1.82) is 0 Å². The first-order valence-corrected chi connectivity index (χ1v) is 10.5. The van der Waals surface area contributed by atoms with Gasteiger partial charge >= 0.3 is 12.1 Å². The minimum absolute atomic E-state index is 0.0378. The predicted octanol–water partition coefficient (Wildman–Crippen LogP) is 5.11. The van der Waals surface area contributed by atoms with Gasteiger partial charge in [0.25, 0.3) is 0 Å². The van der Waals surface area contributed by atoms with Gasteiger partial charge in [0, 0.05) is 24.4 Å². The van der Waals surface area contributed by atoms with Crippen molar-refractivity contribution in [2.24, 2.45) is 7.05 Å². The summed E-state index contributed by atoms with van der Waals surface area (Å²) in [6.45, 7) is 9.17. The van der Waals surface area contributed by atoms with Gasteiger partial charge in [-0.15, -0.1) is 0 Å². The zero-order chi connectivity index (χ0) is 23.6. The van der Waals surface area contributed by atoms with E-state index in [0.29, 0.717) is 17.2 Å². The molecule has 1 heterocycles. The summed E-state index contributed by atoms with van der Waals surface area (Å²) in [5.41, 5.74) is 2.98. The molecule has 170 valence electrons. The summed E-state index contributed by atoms with van der Waals surface area (Å²) in [6, 6.07) is 12.3. The van der Waals surface area contributed by atoms with Crippen molar-refractivity contribution in [1.82, 2.24) is 9.88 Å². The molecule has 1 amide bonds. The topological polar surface area (TPSA) is 89.8 Å². The van der Waals surface area contributed by atoms with Crippen molar-refractivity contribution >= 4 is 23.0 Å². The number of carboxylic acids is 1. The SMILES string of the molecule is Cc1cccc(Oc2c(CC(NC(=O)OC(C)(C)C)C(=O)O)c3ccccc3n2C)c1C. The highest BCUT2D eigenvalue weighted by atomic mass is 16.6. The second-order valence-electron chi connectivity index (χ2n) is 8.90. The molecule has 0 saturated heterocycles. The lowest BCUT2D eigenvalue weighted by Crippen LogP contribution is -2.44. The Labute approximate surface area is 187 Å². The molecule has 7 heteroatoms. The van der Waals surface area contributed by atoms with E-state index in [2.05, 4.69) is 5.32 Å². The minimum atomic E-state index is -1.18. The maximum absolute atomic E-state index is 12.3. The van der Waals surface area contributed by atoms with Crippen molar-refractivity contribution in [3.8, 4) is 11.6 Å². The van der Waals surface area contributed by atoms with Crippen LogP contribution in [0.3, 0.4) is 0 Å². The van der Waals surface area contributed by atoms with Gasteiger partial charge in [-0.25, -0.2) is 9.59 Å². The minimum Gasteiger partial charge on any atom is -0.480 e. The molecule has 0 spiro atoms. The maximum atomic E-state index is 12.3. The van der Waals surface area contributed by atoms with E-state index in [-0.39, 0.29) is 6.42 Å². The number of carbonyl (C=O) groups is 2. The number of nitrogens with zero attached hydrogens (tertiary/aromatic N) is 1. The van der Waals surface area contributed by atoms with E-state index in [4.69, 9.17) is 9.47 Å². The van der Waals surface area contributed by atoms with E-state index < -0.39 is 23.7 Å². The molecule has 3 rings (SSSR count). The zero-order valence-corrected chi connectivity index (χ0v) is 19.4. The molecule has 0 radical (unpaired) electrons. The fraction of sp³-hybridized carbons (Fsp3) is 0.360. The molecule has 0 aliphatic carbocycles. The molecule has 0 fully saturated rings. The highest BCUT2D eigenvalue weighted by Crippen LogP contribution is 2.36. The van der Waals surface area contributed by atoms with Gasteiger partial charge in [-0.1, -0.05) is 30.3 Å². The Balaban J connectivity index is 2.02. The summed E-state index contributed by atoms with van der Waals surface area (Å²) in [4.78, 5) is 24.3. The molecule has 0 saturated carbocycles. The van der Waals surface area contributed by atoms with Gasteiger partial charge in [-0.2, -0.15) is 0 Å². The largest absolute Gasteiger partial charge is 0.480 e. The third-order valence-electron chi connectivity index (χ3n) is 5.31. The highest BCUT2D eigenvalue weighted by molar-refractivity contribution is 5.88. The van der Waals surface area contributed by atoms with Gasteiger partial charge < -0.3 is 24.5 Å². The van der Waals surface area contributed by atoms with Crippen LogP contribution in [0.15, 0.2) is 42.5 Å². The number of benzene rings is 2. The number of aromatic nitrogens is 1. The fourth-order valence-electron chi connectivity index (χ4n) is 3.57. The van der Waals surface area contributed by atoms with Crippen LogP contribution in [0.25, 0.3) is 10.9 Å². The van der Waals surface area contributed by atoms with Crippen LogP contribution in [-0.2, 0) is 23.0 Å². The maximum Gasteiger partial charge on any atom is 0.408 e. The second kappa shape index (κ2) is 8.94. The predicted molar refractivity (Wildman–Crippen MR) is 123 cm³/mol. The van der Waals surface area contributed by atoms with Gasteiger partial charge in [-0.05, 0) is 57.9 Å². The van der Waals surface area contributed by atoms with E-state index >= 15 is 0 Å². The van der Waals surface area contributed by atoms with Crippen LogP contribution in [0.2, 0.25) is 0 Å². The fourth-order valence-corrected chi connectivity index (χ4v) is 3.57. The summed E-state index contributed by atoms with van der Waals surface area (Å²) in [6.07, 6.45) is -0.738. The molecule has 2 aromatic carbocycles. The lowest BCUT2D eigenvalue weighted by Gasteiger charge is -2.22. The third-order valence-corrected chi connectivity index (χ3v) is 5.31. The average molecular weight is 439 g/mol. The number of hydrogen-bond acceptors (Lipinski definition) is 4. The normalized spacial score (nSPS) is 12.4. The number of carboxylic acid groups (broad SMARTS) is 1. The van der Waals surface area contributed by atoms with Crippen molar-refractivity contribution in [2.75, 3.05) is 0 Å². The van der Waals surface area contributed by atoms with Crippen LogP contribution in [0.4, 0.5) is 4.79 Å². The summed E-state index contributed by atoms with van der Waals surface area (Å²) < 4.78 is 13.5. The van der Waals surface area contributed by atoms with Crippen LogP contribution in [0.5, 0.6) is 11.6 Å². The van der Waals surface area contributed by atoms with Crippen LogP contribution >= 0.6 is 0 Å². The number of ether oxygens (including phenoxy) is 2. The molecule has 0 aliphatic rings. The summed E-state index contributed by atoms with van der Waals surface area (Å²) in [7, 11) is 1.88. The molecule has 32 heavy (non-hydrogen) atoms. The Hall–Kier alpha value is -3.48. The number of aryl methyl sites for hydroxylation is 2. The van der Waals surface area contributed by atoms with Crippen LogP contribution in [0, 0.1) is 13.8 Å². The van der Waals surface area contributed by atoms with E-state index in [1.807, 2.05) is 67.9 Å². The number of carbonyl (C=O) groups excluding carboxylic acids is 1. The van der Waals surface area contributed by atoms with Crippen molar-refractivity contribution < 1.29 is 24.2 Å². The zero-order valence-electron chi connectivity index (χ0n) is 19.4. The number of fused-ring (bicyclic) bond motifs is 1. The lowest BCUT2D eigenvalue weighted by molar-refractivity contribution is -0.139. The first-order chi connectivity index (χ1) is 15.0. The Morgan fingerprint density at radius 3 is 2.44 bits per heavy atom. The van der Waals surface area contributed by atoms with Crippen LogP contribution in [-0.4, -0.2) is 33.4 Å². The molecular weight excluding hydrogens is 408 g/mol. The number of rotatable bonds is 6. The Morgan fingerprint density at radius 2 is 1.78 bits per heavy atom. The van der Waals surface area contributed by atoms with Gasteiger partial charge in [-0.3, -0.25) is 0 Å². The number of para-hydroxylation sites is 1. The van der Waals surface area contributed by atoms with Gasteiger partial charge in [0.15, 0.2) is 0 Å². The standard InChI is InChI=1S/C25H30N2O5/c1-15-10-9-13-21(16(15)2)31-22-18(17-11-7-8-12-20(17)27(22)6)14-19(23(28)29)26-24(30)32-25(3,4)5/h7-13,19H,14H2,1-6H3,(H,26,30)(H,28,29). The number of alkyl carbamates (subject to hydrolysis) is 1. The van der Waals surface area contributed by atoms with Gasteiger partial charge in [0.1, 0.15) is 17.4 Å². The molecule has 0 aliphatic heterocycles. The van der Waals surface area contributed by atoms with Crippen LogP contribution < -0.4 is 10.1 Å². The van der Waals surface area contributed by atoms with Crippen LogP contribution in [0.1, 0.15) is 37.5 Å². The molecular formula is C25H30N2O5. The molecule has 2 N–H and O–H groups in total. The highest BCUT2D eigenvalue weighted by Gasteiger charge is 2.28. The smallest absolute Gasteiger partial charge is 0.408 e. The monoisotopic (exact) mass is 438 g/mol. The number of hydrogen-bond donors (Lipinski definition) is 2. The van der Waals surface area contributed by atoms with Crippen molar-refractivity contribution in [3.05, 3.63) is 59.2 Å². The third kappa shape index (κ3) is 5.04. The quantitative estimate of drug-likeness (QED) is 0.558. The average Bonchev–Trinajstić information content (AvgIpc) is 2.95. The molecule has 1 aromatic heterocycles. The van der Waals surface area contributed by atoms with E-state index in [0.717, 1.165) is 22.0 Å². The number of aliphatic carboxylic acids is 1. The Kier molecular flexibility index (Phi) is 6.48. The Bertz CT molecular complexity index is 1160. The number of amides is 1. The first-order valence-electron chi connectivity index (χ1n) is 10.5. The number of nitrogens with one attached hydrogen (secondary N) is 1. The van der Waals surface area contributed by atoms with Gasteiger partial charge in [0.05, 0.1) is 5.52 Å². The second-order valence-corrected chi connectivity index (χ2v) is 8.90.